The molecule has 0 aliphatic carbocycles. The zero-order valence-electron chi connectivity index (χ0n) is 10.5. The Morgan fingerprint density at radius 1 is 1.47 bits per heavy atom. The van der Waals surface area contributed by atoms with Crippen LogP contribution in [-0.4, -0.2) is 20.8 Å². The Bertz CT molecular complexity index is 637. The highest BCUT2D eigenvalue weighted by Crippen LogP contribution is 2.28. The van der Waals surface area contributed by atoms with Gasteiger partial charge < -0.3 is 15.7 Å². The Morgan fingerprint density at radius 2 is 2.21 bits per heavy atom. The number of amidine groups is 1. The van der Waals surface area contributed by atoms with E-state index in [9.17, 15) is 0 Å². The highest BCUT2D eigenvalue weighted by Gasteiger charge is 2.12. The van der Waals surface area contributed by atoms with Crippen LogP contribution in [0.5, 0.6) is 11.6 Å². The molecule has 0 spiro atoms. The van der Waals surface area contributed by atoms with Crippen LogP contribution in [0.2, 0.25) is 0 Å². The lowest BCUT2D eigenvalue weighted by Crippen LogP contribution is -2.14. The Kier molecular flexibility index (Phi) is 3.75. The summed E-state index contributed by atoms with van der Waals surface area (Å²) in [5.74, 6) is 1.04. The fraction of sp³-hybridized carbons (Fsp3) is 0.167. The molecule has 19 heavy (non-hydrogen) atoms. The van der Waals surface area contributed by atoms with Gasteiger partial charge >= 0.3 is 0 Å². The van der Waals surface area contributed by atoms with Crippen LogP contribution in [0.1, 0.15) is 11.3 Å². The zero-order chi connectivity index (χ0) is 14.0. The second kappa shape index (κ2) is 5.31. The number of oxime groups is 1. The summed E-state index contributed by atoms with van der Waals surface area (Å²) in [4.78, 5) is 0. The summed E-state index contributed by atoms with van der Waals surface area (Å²) in [5.41, 5.74) is 6.98. The van der Waals surface area contributed by atoms with Crippen molar-refractivity contribution < 1.29 is 9.94 Å². The molecule has 0 saturated heterocycles. The minimum atomic E-state index is -0.0183. The summed E-state index contributed by atoms with van der Waals surface area (Å²) in [6.45, 7) is 1.87. The summed E-state index contributed by atoms with van der Waals surface area (Å²) >= 11 is 3.33. The number of aromatic nitrogens is 2. The Hall–Kier alpha value is -2.02. The summed E-state index contributed by atoms with van der Waals surface area (Å²) in [6, 6.07) is 7.07. The highest BCUT2D eigenvalue weighted by molar-refractivity contribution is 9.10. The molecular formula is C12H13BrN4O2. The van der Waals surface area contributed by atoms with Crippen LogP contribution in [0, 0.1) is 6.92 Å². The van der Waals surface area contributed by atoms with Gasteiger partial charge in [-0.2, -0.15) is 5.10 Å². The average molecular weight is 325 g/mol. The Labute approximate surface area is 118 Å². The van der Waals surface area contributed by atoms with Crippen LogP contribution in [0.4, 0.5) is 0 Å². The molecule has 0 aliphatic heterocycles. The molecule has 1 aromatic carbocycles. The predicted octanol–water partition coefficient (Wildman–Crippen LogP) is 2.38. The molecule has 0 aliphatic rings. The van der Waals surface area contributed by atoms with Gasteiger partial charge in [-0.25, -0.2) is 4.68 Å². The second-order valence-corrected chi connectivity index (χ2v) is 4.89. The van der Waals surface area contributed by atoms with Crippen LogP contribution in [0.25, 0.3) is 0 Å². The van der Waals surface area contributed by atoms with Crippen molar-refractivity contribution >= 4 is 21.8 Å². The van der Waals surface area contributed by atoms with E-state index < -0.39 is 0 Å². The maximum atomic E-state index is 8.80. The van der Waals surface area contributed by atoms with Crippen molar-refractivity contribution in [2.45, 2.75) is 6.92 Å². The van der Waals surface area contributed by atoms with E-state index in [1.54, 1.807) is 29.9 Å². The first-order valence-electron chi connectivity index (χ1n) is 5.47. The SMILES string of the molecule is Cc1cc(Oc2ccc(Br)cc2/C(N)=N/O)n(C)n1. The minimum absolute atomic E-state index is 0.0183. The van der Waals surface area contributed by atoms with Gasteiger partial charge in [-0.3, -0.25) is 0 Å². The highest BCUT2D eigenvalue weighted by atomic mass is 79.9. The van der Waals surface area contributed by atoms with Crippen LogP contribution < -0.4 is 10.5 Å². The maximum absolute atomic E-state index is 8.80. The van der Waals surface area contributed by atoms with Gasteiger partial charge in [-0.1, -0.05) is 21.1 Å². The van der Waals surface area contributed by atoms with E-state index >= 15 is 0 Å². The van der Waals surface area contributed by atoms with E-state index in [0.29, 0.717) is 17.2 Å². The second-order valence-electron chi connectivity index (χ2n) is 3.98. The van der Waals surface area contributed by atoms with E-state index in [1.165, 1.54) is 0 Å². The van der Waals surface area contributed by atoms with Crippen molar-refractivity contribution in [2.24, 2.45) is 17.9 Å². The largest absolute Gasteiger partial charge is 0.439 e. The third-order valence-electron chi connectivity index (χ3n) is 2.50. The molecule has 1 aromatic heterocycles. The third kappa shape index (κ3) is 2.87. The normalized spacial score (nSPS) is 11.6. The van der Waals surface area contributed by atoms with Gasteiger partial charge in [0.1, 0.15) is 5.75 Å². The van der Waals surface area contributed by atoms with Crippen molar-refractivity contribution in [1.29, 1.82) is 0 Å². The van der Waals surface area contributed by atoms with Gasteiger partial charge in [-0.05, 0) is 25.1 Å². The number of benzene rings is 1. The molecule has 0 unspecified atom stereocenters. The minimum Gasteiger partial charge on any atom is -0.439 e. The van der Waals surface area contributed by atoms with Gasteiger partial charge in [0.05, 0.1) is 11.3 Å². The smallest absolute Gasteiger partial charge is 0.217 e. The van der Waals surface area contributed by atoms with Crippen molar-refractivity contribution in [3.8, 4) is 11.6 Å². The fourth-order valence-corrected chi connectivity index (χ4v) is 2.00. The predicted molar refractivity (Wildman–Crippen MR) is 74.7 cm³/mol. The van der Waals surface area contributed by atoms with Crippen molar-refractivity contribution in [3.63, 3.8) is 0 Å². The summed E-state index contributed by atoms with van der Waals surface area (Å²) in [7, 11) is 1.78. The molecule has 3 N–H and O–H groups in total. The number of aryl methyl sites for hydroxylation is 2. The molecular weight excluding hydrogens is 312 g/mol. The molecule has 0 atom stereocenters. The number of nitrogens with zero attached hydrogens (tertiary/aromatic N) is 3. The number of rotatable bonds is 3. The van der Waals surface area contributed by atoms with Gasteiger partial charge in [-0.15, -0.1) is 0 Å². The van der Waals surface area contributed by atoms with Crippen molar-refractivity contribution in [2.75, 3.05) is 0 Å². The quantitative estimate of drug-likeness (QED) is 0.393. The lowest BCUT2D eigenvalue weighted by molar-refractivity contribution is 0.318. The molecule has 100 valence electrons. The van der Waals surface area contributed by atoms with Crippen LogP contribution in [0.3, 0.4) is 0 Å². The summed E-state index contributed by atoms with van der Waals surface area (Å²) in [6.07, 6.45) is 0. The number of nitrogens with two attached hydrogens (primary N) is 1. The van der Waals surface area contributed by atoms with Gasteiger partial charge in [0.2, 0.25) is 5.88 Å². The number of halogens is 1. The van der Waals surface area contributed by atoms with Crippen LogP contribution >= 0.6 is 15.9 Å². The van der Waals surface area contributed by atoms with E-state index in [0.717, 1.165) is 10.2 Å². The number of ether oxygens (including phenoxy) is 1. The average Bonchev–Trinajstić information content (AvgIpc) is 2.69. The molecule has 6 nitrogen and oxygen atoms in total. The van der Waals surface area contributed by atoms with E-state index in [1.807, 2.05) is 13.0 Å². The first-order chi connectivity index (χ1) is 9.01. The van der Waals surface area contributed by atoms with E-state index in [-0.39, 0.29) is 5.84 Å². The fourth-order valence-electron chi connectivity index (χ4n) is 1.64. The molecule has 0 fully saturated rings. The third-order valence-corrected chi connectivity index (χ3v) is 2.99. The first-order valence-corrected chi connectivity index (χ1v) is 6.26. The number of hydrogen-bond acceptors (Lipinski definition) is 4. The zero-order valence-corrected chi connectivity index (χ0v) is 12.0. The van der Waals surface area contributed by atoms with Crippen molar-refractivity contribution in [1.82, 2.24) is 9.78 Å². The molecule has 1 heterocycles. The van der Waals surface area contributed by atoms with Crippen LogP contribution in [0.15, 0.2) is 33.9 Å². The molecule has 7 heteroatoms. The lowest BCUT2D eigenvalue weighted by Gasteiger charge is -2.10. The topological polar surface area (TPSA) is 85.7 Å². The van der Waals surface area contributed by atoms with Gasteiger partial charge in [0.25, 0.3) is 0 Å². The molecule has 2 aromatic rings. The number of hydrogen-bond donors (Lipinski definition) is 2. The van der Waals surface area contributed by atoms with E-state index in [2.05, 4.69) is 26.2 Å². The molecule has 0 bridgehead atoms. The summed E-state index contributed by atoms with van der Waals surface area (Å²) in [5, 5.41) is 16.0. The van der Waals surface area contributed by atoms with Gasteiger partial charge in [0, 0.05) is 17.6 Å². The standard InChI is InChI=1S/C12H13BrN4O2/c1-7-5-11(17(2)15-7)19-10-4-3-8(13)6-9(10)12(14)16-18/h3-6,18H,1-2H3,(H2,14,16). The molecule has 0 amide bonds. The molecule has 2 rings (SSSR count). The first kappa shape index (κ1) is 13.4. The maximum Gasteiger partial charge on any atom is 0.217 e. The van der Waals surface area contributed by atoms with Crippen molar-refractivity contribution in [3.05, 3.63) is 40.0 Å². The van der Waals surface area contributed by atoms with Crippen LogP contribution in [-0.2, 0) is 7.05 Å². The monoisotopic (exact) mass is 324 g/mol. The summed E-state index contributed by atoms with van der Waals surface area (Å²) < 4.78 is 8.17. The Morgan fingerprint density at radius 3 is 2.79 bits per heavy atom. The lowest BCUT2D eigenvalue weighted by atomic mass is 10.2. The Balaban J connectivity index is 2.42. The van der Waals surface area contributed by atoms with E-state index in [4.69, 9.17) is 15.7 Å². The molecule has 0 saturated carbocycles. The molecule has 0 radical (unpaired) electrons. The van der Waals surface area contributed by atoms with Gasteiger partial charge in [0.15, 0.2) is 5.84 Å².